The topological polar surface area (TPSA) is 68.7 Å². The van der Waals surface area contributed by atoms with E-state index in [0.29, 0.717) is 5.56 Å². The zero-order valence-electron chi connectivity index (χ0n) is 12.9. The van der Waals surface area contributed by atoms with Gasteiger partial charge in [-0.3, -0.25) is 4.79 Å². The van der Waals surface area contributed by atoms with Crippen LogP contribution in [0.1, 0.15) is 45.5 Å². The number of rotatable bonds is 4. The molecule has 8 heteroatoms. The van der Waals surface area contributed by atoms with E-state index in [0.717, 1.165) is 0 Å². The fourth-order valence-electron chi connectivity index (χ4n) is 2.29. The quantitative estimate of drug-likeness (QED) is 0.667. The van der Waals surface area contributed by atoms with Gasteiger partial charge >= 0.3 is 13.1 Å². The summed E-state index contributed by atoms with van der Waals surface area (Å²) in [7, 11) is -0.721. The van der Waals surface area contributed by atoms with E-state index in [1.54, 1.807) is 12.1 Å². The summed E-state index contributed by atoms with van der Waals surface area (Å²) >= 11 is 11.9. The summed E-state index contributed by atoms with van der Waals surface area (Å²) in [4.78, 5) is 15.2. The van der Waals surface area contributed by atoms with E-state index in [2.05, 4.69) is 4.98 Å². The predicted molar refractivity (Wildman–Crippen MR) is 85.3 cm³/mol. The first-order chi connectivity index (χ1) is 10.0. The van der Waals surface area contributed by atoms with Gasteiger partial charge in [0.1, 0.15) is 10.3 Å². The van der Waals surface area contributed by atoms with E-state index in [9.17, 15) is 9.90 Å². The first kappa shape index (κ1) is 17.5. The van der Waals surface area contributed by atoms with Crippen LogP contribution in [-0.2, 0) is 14.1 Å². The summed E-state index contributed by atoms with van der Waals surface area (Å²) in [6.45, 7) is 7.64. The first-order valence-electron chi connectivity index (χ1n) is 6.93. The van der Waals surface area contributed by atoms with Crippen molar-refractivity contribution in [3.05, 3.63) is 28.0 Å². The number of hydrogen-bond donors (Lipinski definition) is 1. The van der Waals surface area contributed by atoms with E-state index < -0.39 is 30.1 Å². The lowest BCUT2D eigenvalue weighted by atomic mass is 9.66. The summed E-state index contributed by atoms with van der Waals surface area (Å²) in [5, 5.41) is 9.62. The Bertz CT molecular complexity index is 578. The van der Waals surface area contributed by atoms with Crippen LogP contribution in [0.5, 0.6) is 0 Å². The number of carboxylic acid groups (broad SMARTS) is 1. The molecule has 0 spiro atoms. The number of hydrogen-bond acceptors (Lipinski definition) is 4. The van der Waals surface area contributed by atoms with Gasteiger partial charge in [-0.1, -0.05) is 29.3 Å². The Balaban J connectivity index is 2.38. The second kappa shape index (κ2) is 6.00. The third-order valence-corrected chi connectivity index (χ3v) is 4.75. The largest absolute Gasteiger partial charge is 0.481 e. The molecule has 1 aliphatic heterocycles. The summed E-state index contributed by atoms with van der Waals surface area (Å²) in [6.07, 6.45) is -0.181. The SMILES string of the molecule is CC1(C)OB(C(CC(=O)O)c2ccc(Cl)nc2Cl)OC1(C)C. The van der Waals surface area contributed by atoms with Crippen molar-refractivity contribution < 1.29 is 19.2 Å². The maximum atomic E-state index is 11.2. The maximum absolute atomic E-state index is 11.2. The van der Waals surface area contributed by atoms with Gasteiger partial charge in [-0.15, -0.1) is 0 Å². The van der Waals surface area contributed by atoms with Gasteiger partial charge in [-0.2, -0.15) is 0 Å². The van der Waals surface area contributed by atoms with Crippen molar-refractivity contribution in [2.75, 3.05) is 0 Å². The van der Waals surface area contributed by atoms with Gasteiger partial charge in [0.25, 0.3) is 0 Å². The number of aromatic nitrogens is 1. The molecular weight excluding hydrogens is 328 g/mol. The Morgan fingerprint density at radius 2 is 1.82 bits per heavy atom. The minimum atomic E-state index is -0.967. The number of halogens is 2. The van der Waals surface area contributed by atoms with Gasteiger partial charge in [-0.05, 0) is 39.3 Å². The Morgan fingerprint density at radius 3 is 2.27 bits per heavy atom. The molecule has 1 aliphatic rings. The van der Waals surface area contributed by atoms with E-state index in [1.807, 2.05) is 27.7 Å². The molecule has 0 saturated carbocycles. The molecule has 22 heavy (non-hydrogen) atoms. The Morgan fingerprint density at radius 1 is 1.27 bits per heavy atom. The van der Waals surface area contributed by atoms with Crippen molar-refractivity contribution in [1.82, 2.24) is 4.98 Å². The average molecular weight is 346 g/mol. The molecule has 0 bridgehead atoms. The van der Waals surface area contributed by atoms with Crippen LogP contribution in [-0.4, -0.2) is 34.4 Å². The number of carboxylic acids is 1. The highest BCUT2D eigenvalue weighted by molar-refractivity contribution is 6.48. The number of carbonyl (C=O) groups is 1. The smallest absolute Gasteiger partial charge is 0.466 e. The van der Waals surface area contributed by atoms with E-state index in [4.69, 9.17) is 32.5 Å². The lowest BCUT2D eigenvalue weighted by Crippen LogP contribution is -2.41. The van der Waals surface area contributed by atoms with Crippen LogP contribution < -0.4 is 0 Å². The summed E-state index contributed by atoms with van der Waals surface area (Å²) < 4.78 is 11.9. The molecule has 1 saturated heterocycles. The van der Waals surface area contributed by atoms with Crippen molar-refractivity contribution in [3.8, 4) is 0 Å². The van der Waals surface area contributed by atoms with Crippen molar-refractivity contribution in [2.24, 2.45) is 0 Å². The third-order valence-electron chi connectivity index (χ3n) is 4.24. The minimum Gasteiger partial charge on any atom is -0.481 e. The zero-order valence-corrected chi connectivity index (χ0v) is 14.4. The highest BCUT2D eigenvalue weighted by atomic mass is 35.5. The third kappa shape index (κ3) is 3.40. The molecule has 2 rings (SSSR count). The second-order valence-electron chi connectivity index (χ2n) is 6.34. The molecule has 1 unspecified atom stereocenters. The van der Waals surface area contributed by atoms with Gasteiger partial charge in [-0.25, -0.2) is 4.98 Å². The van der Waals surface area contributed by atoms with Crippen molar-refractivity contribution in [3.63, 3.8) is 0 Å². The highest BCUT2D eigenvalue weighted by Crippen LogP contribution is 2.42. The van der Waals surface area contributed by atoms with E-state index in [-0.39, 0.29) is 16.7 Å². The molecule has 2 heterocycles. The molecule has 0 radical (unpaired) electrons. The molecule has 1 aromatic heterocycles. The molecule has 120 valence electrons. The van der Waals surface area contributed by atoms with Crippen LogP contribution >= 0.6 is 23.2 Å². The monoisotopic (exact) mass is 345 g/mol. The Kier molecular flexibility index (Phi) is 4.78. The fraction of sp³-hybridized carbons (Fsp3) is 0.571. The summed E-state index contributed by atoms with van der Waals surface area (Å²) in [5.41, 5.74) is -0.562. The Hall–Kier alpha value is -0.815. The number of aliphatic carboxylic acids is 1. The predicted octanol–water partition coefficient (Wildman–Crippen LogP) is 3.58. The molecule has 5 nitrogen and oxygen atoms in total. The van der Waals surface area contributed by atoms with Crippen molar-refractivity contribution >= 4 is 36.3 Å². The molecule has 1 fully saturated rings. The molecule has 1 aromatic rings. The Labute approximate surface area is 140 Å². The van der Waals surface area contributed by atoms with Crippen LogP contribution in [0.4, 0.5) is 0 Å². The molecule has 1 N–H and O–H groups in total. The summed E-state index contributed by atoms with van der Waals surface area (Å²) in [6, 6.07) is 3.24. The van der Waals surface area contributed by atoms with Crippen LogP contribution in [0.15, 0.2) is 12.1 Å². The van der Waals surface area contributed by atoms with E-state index >= 15 is 0 Å². The van der Waals surface area contributed by atoms with Gasteiger partial charge in [0, 0.05) is 5.82 Å². The fourth-order valence-corrected chi connectivity index (χ4v) is 2.78. The van der Waals surface area contributed by atoms with Crippen molar-refractivity contribution in [2.45, 2.75) is 51.1 Å². The molecule has 0 aliphatic carbocycles. The van der Waals surface area contributed by atoms with Crippen LogP contribution in [0.3, 0.4) is 0 Å². The standard InChI is InChI=1S/C14H18BCl2NO4/c1-13(2)14(3,4)22-15(21-13)9(7-11(19)20)8-5-6-10(16)18-12(8)17/h5-6,9H,7H2,1-4H3,(H,19,20). The van der Waals surface area contributed by atoms with Gasteiger partial charge < -0.3 is 14.4 Å². The second-order valence-corrected chi connectivity index (χ2v) is 7.09. The van der Waals surface area contributed by atoms with Gasteiger partial charge in [0.2, 0.25) is 0 Å². The van der Waals surface area contributed by atoms with Gasteiger partial charge in [0.15, 0.2) is 0 Å². The van der Waals surface area contributed by atoms with Gasteiger partial charge in [0.05, 0.1) is 17.6 Å². The van der Waals surface area contributed by atoms with Crippen LogP contribution in [0.2, 0.25) is 10.3 Å². The normalized spacial score (nSPS) is 20.9. The molecule has 0 amide bonds. The lowest BCUT2D eigenvalue weighted by molar-refractivity contribution is -0.137. The number of nitrogens with zero attached hydrogens (tertiary/aromatic N) is 1. The maximum Gasteiger partial charge on any atom is 0.466 e. The van der Waals surface area contributed by atoms with Crippen LogP contribution in [0.25, 0.3) is 0 Å². The molecular formula is C14H18BCl2NO4. The van der Waals surface area contributed by atoms with Crippen molar-refractivity contribution in [1.29, 1.82) is 0 Å². The zero-order chi connectivity index (χ0) is 16.7. The first-order valence-corrected chi connectivity index (χ1v) is 7.68. The minimum absolute atomic E-state index is 0.161. The summed E-state index contributed by atoms with van der Waals surface area (Å²) in [5.74, 6) is -1.54. The van der Waals surface area contributed by atoms with Crippen LogP contribution in [0, 0.1) is 0 Å². The molecule has 0 aromatic carbocycles. The number of pyridine rings is 1. The average Bonchev–Trinajstić information content (AvgIpc) is 2.56. The van der Waals surface area contributed by atoms with E-state index in [1.165, 1.54) is 0 Å². The highest BCUT2D eigenvalue weighted by Gasteiger charge is 2.54. The lowest BCUT2D eigenvalue weighted by Gasteiger charge is -2.32. The molecule has 1 atom stereocenters.